The van der Waals surface area contributed by atoms with Crippen molar-refractivity contribution in [3.05, 3.63) is 40.3 Å². The first-order valence-electron chi connectivity index (χ1n) is 4.57. The Hall–Kier alpha value is -2.30. The van der Waals surface area contributed by atoms with Gasteiger partial charge in [-0.25, -0.2) is 4.79 Å². The summed E-state index contributed by atoms with van der Waals surface area (Å²) in [5, 5.41) is 19.1. The Labute approximate surface area is 90.2 Å². The van der Waals surface area contributed by atoms with Gasteiger partial charge in [0.2, 0.25) is 0 Å². The van der Waals surface area contributed by atoms with Gasteiger partial charge in [-0.1, -0.05) is 0 Å². The number of nitrogens with zero attached hydrogens (tertiary/aromatic N) is 1. The van der Waals surface area contributed by atoms with E-state index >= 15 is 0 Å². The van der Waals surface area contributed by atoms with Crippen LogP contribution in [0.4, 0.5) is 0 Å². The fourth-order valence-electron chi connectivity index (χ4n) is 1.58. The van der Waals surface area contributed by atoms with E-state index in [0.717, 1.165) is 0 Å². The predicted octanol–water partition coefficient (Wildman–Crippen LogP) is 0.942. The van der Waals surface area contributed by atoms with E-state index in [1.807, 2.05) is 0 Å². The zero-order valence-corrected chi connectivity index (χ0v) is 8.47. The third kappa shape index (κ3) is 1.33. The molecule has 0 amide bonds. The summed E-state index contributed by atoms with van der Waals surface area (Å²) in [5.74, 6) is -1.59. The molecule has 0 aliphatic carbocycles. The lowest BCUT2D eigenvalue weighted by atomic mass is 10.1. The van der Waals surface area contributed by atoms with Crippen LogP contribution >= 0.6 is 0 Å². The molecule has 0 aliphatic rings. The number of phenols is 1. The Morgan fingerprint density at radius 3 is 2.56 bits per heavy atom. The molecule has 0 aliphatic heterocycles. The van der Waals surface area contributed by atoms with Crippen molar-refractivity contribution in [3.63, 3.8) is 0 Å². The Morgan fingerprint density at radius 2 is 1.94 bits per heavy atom. The molecule has 0 saturated heterocycles. The SMILES string of the molecule is Cn1ccc2c(O)c(C(=O)O)ccc2c1=O. The van der Waals surface area contributed by atoms with Gasteiger partial charge in [0.05, 0.1) is 5.39 Å². The first-order chi connectivity index (χ1) is 7.52. The maximum absolute atomic E-state index is 11.7. The molecule has 1 aromatic heterocycles. The standard InChI is InChI=1S/C11H9NO4/c1-12-5-4-6-7(10(12)14)2-3-8(9(6)13)11(15)16/h2-5,13H,1H3,(H,15,16). The van der Waals surface area contributed by atoms with Crippen LogP contribution in [0.15, 0.2) is 29.2 Å². The maximum atomic E-state index is 11.7. The molecule has 16 heavy (non-hydrogen) atoms. The molecule has 0 unspecified atom stereocenters. The highest BCUT2D eigenvalue weighted by Gasteiger charge is 2.13. The summed E-state index contributed by atoms with van der Waals surface area (Å²) in [4.78, 5) is 22.4. The van der Waals surface area contributed by atoms with E-state index in [1.165, 1.54) is 29.0 Å². The van der Waals surface area contributed by atoms with Crippen molar-refractivity contribution in [1.82, 2.24) is 4.57 Å². The van der Waals surface area contributed by atoms with Gasteiger partial charge in [-0.05, 0) is 18.2 Å². The summed E-state index contributed by atoms with van der Waals surface area (Å²) in [6, 6.07) is 4.14. The lowest BCUT2D eigenvalue weighted by Crippen LogP contribution is -2.15. The third-order valence-corrected chi connectivity index (χ3v) is 2.46. The number of carbonyl (C=O) groups is 1. The molecular weight excluding hydrogens is 210 g/mol. The highest BCUT2D eigenvalue weighted by atomic mass is 16.4. The number of pyridine rings is 1. The van der Waals surface area contributed by atoms with Crippen molar-refractivity contribution in [2.45, 2.75) is 0 Å². The number of carboxylic acid groups (broad SMARTS) is 1. The van der Waals surface area contributed by atoms with E-state index in [-0.39, 0.29) is 22.3 Å². The second-order valence-electron chi connectivity index (χ2n) is 3.46. The average molecular weight is 219 g/mol. The molecule has 0 spiro atoms. The number of hydrogen-bond acceptors (Lipinski definition) is 3. The molecule has 0 saturated carbocycles. The zero-order valence-electron chi connectivity index (χ0n) is 8.47. The number of carboxylic acids is 1. The molecule has 1 aromatic carbocycles. The normalized spacial score (nSPS) is 10.6. The van der Waals surface area contributed by atoms with Gasteiger partial charge >= 0.3 is 5.97 Å². The minimum atomic E-state index is -1.22. The topological polar surface area (TPSA) is 79.5 Å². The Kier molecular flexibility index (Phi) is 2.16. The number of benzene rings is 1. The fourth-order valence-corrected chi connectivity index (χ4v) is 1.58. The van der Waals surface area contributed by atoms with Crippen LogP contribution in [0.25, 0.3) is 10.8 Å². The van der Waals surface area contributed by atoms with Gasteiger partial charge in [0.25, 0.3) is 5.56 Å². The molecule has 82 valence electrons. The first kappa shape index (κ1) is 10.2. The number of aromatic nitrogens is 1. The van der Waals surface area contributed by atoms with E-state index < -0.39 is 5.97 Å². The molecule has 2 N–H and O–H groups in total. The van der Waals surface area contributed by atoms with Crippen LogP contribution in [0, 0.1) is 0 Å². The van der Waals surface area contributed by atoms with Crippen LogP contribution < -0.4 is 5.56 Å². The maximum Gasteiger partial charge on any atom is 0.339 e. The van der Waals surface area contributed by atoms with Crippen LogP contribution in [0.5, 0.6) is 5.75 Å². The fraction of sp³-hybridized carbons (Fsp3) is 0.0909. The van der Waals surface area contributed by atoms with Crippen LogP contribution in [-0.4, -0.2) is 20.7 Å². The highest BCUT2D eigenvalue weighted by Crippen LogP contribution is 2.26. The number of aryl methyl sites for hydroxylation is 1. The van der Waals surface area contributed by atoms with Gasteiger partial charge in [0, 0.05) is 18.6 Å². The van der Waals surface area contributed by atoms with Gasteiger partial charge in [-0.2, -0.15) is 0 Å². The minimum Gasteiger partial charge on any atom is -0.506 e. The summed E-state index contributed by atoms with van der Waals surface area (Å²) in [5.41, 5.74) is -0.481. The Bertz CT molecular complexity index is 642. The summed E-state index contributed by atoms with van der Waals surface area (Å²) < 4.78 is 1.36. The third-order valence-electron chi connectivity index (χ3n) is 2.46. The second kappa shape index (κ2) is 3.37. The molecule has 1 heterocycles. The Balaban J connectivity index is 2.93. The van der Waals surface area contributed by atoms with Crippen molar-refractivity contribution in [1.29, 1.82) is 0 Å². The van der Waals surface area contributed by atoms with E-state index in [0.29, 0.717) is 5.39 Å². The van der Waals surface area contributed by atoms with E-state index in [4.69, 9.17) is 5.11 Å². The van der Waals surface area contributed by atoms with Crippen molar-refractivity contribution in [2.75, 3.05) is 0 Å². The van der Waals surface area contributed by atoms with Crippen LogP contribution in [0.1, 0.15) is 10.4 Å². The summed E-state index contributed by atoms with van der Waals surface area (Å²) >= 11 is 0. The van der Waals surface area contributed by atoms with Crippen molar-refractivity contribution in [3.8, 4) is 5.75 Å². The van der Waals surface area contributed by atoms with Crippen LogP contribution in [-0.2, 0) is 7.05 Å². The lowest BCUT2D eigenvalue weighted by molar-refractivity contribution is 0.0694. The van der Waals surface area contributed by atoms with Crippen LogP contribution in [0.2, 0.25) is 0 Å². The largest absolute Gasteiger partial charge is 0.506 e. The smallest absolute Gasteiger partial charge is 0.339 e. The number of rotatable bonds is 1. The summed E-state index contributed by atoms with van der Waals surface area (Å²) in [7, 11) is 1.59. The average Bonchev–Trinajstić information content (AvgIpc) is 2.23. The second-order valence-corrected chi connectivity index (χ2v) is 3.46. The molecule has 0 bridgehead atoms. The van der Waals surface area contributed by atoms with E-state index in [2.05, 4.69) is 0 Å². The quantitative estimate of drug-likeness (QED) is 0.748. The van der Waals surface area contributed by atoms with Gasteiger partial charge in [0.15, 0.2) is 0 Å². The lowest BCUT2D eigenvalue weighted by Gasteiger charge is -2.05. The highest BCUT2D eigenvalue weighted by molar-refractivity contribution is 5.99. The number of fused-ring (bicyclic) bond motifs is 1. The van der Waals surface area contributed by atoms with Gasteiger partial charge < -0.3 is 14.8 Å². The molecule has 5 nitrogen and oxygen atoms in total. The number of hydrogen-bond donors (Lipinski definition) is 2. The van der Waals surface area contributed by atoms with Crippen molar-refractivity contribution < 1.29 is 15.0 Å². The molecule has 0 radical (unpaired) electrons. The van der Waals surface area contributed by atoms with Gasteiger partial charge in [0.1, 0.15) is 11.3 Å². The number of aromatic carboxylic acids is 1. The van der Waals surface area contributed by atoms with Crippen molar-refractivity contribution >= 4 is 16.7 Å². The minimum absolute atomic E-state index is 0.208. The molecule has 5 heteroatoms. The van der Waals surface area contributed by atoms with Crippen molar-refractivity contribution in [2.24, 2.45) is 7.05 Å². The summed E-state index contributed by atoms with van der Waals surface area (Å²) in [6.07, 6.45) is 1.48. The molecular formula is C11H9NO4. The first-order valence-corrected chi connectivity index (χ1v) is 4.57. The molecule has 0 fully saturated rings. The van der Waals surface area contributed by atoms with E-state index in [1.54, 1.807) is 7.05 Å². The van der Waals surface area contributed by atoms with E-state index in [9.17, 15) is 14.7 Å². The Morgan fingerprint density at radius 1 is 1.25 bits per heavy atom. The number of aromatic hydroxyl groups is 1. The molecule has 0 atom stereocenters. The van der Waals surface area contributed by atoms with Gasteiger partial charge in [-0.3, -0.25) is 4.79 Å². The zero-order chi connectivity index (χ0) is 11.9. The predicted molar refractivity (Wildman–Crippen MR) is 57.8 cm³/mol. The summed E-state index contributed by atoms with van der Waals surface area (Å²) in [6.45, 7) is 0. The monoisotopic (exact) mass is 219 g/mol. The molecule has 2 aromatic rings. The van der Waals surface area contributed by atoms with Crippen LogP contribution in [0.3, 0.4) is 0 Å². The van der Waals surface area contributed by atoms with Gasteiger partial charge in [-0.15, -0.1) is 0 Å². The molecule has 2 rings (SSSR count).